The van der Waals surface area contributed by atoms with E-state index in [4.69, 9.17) is 4.74 Å². The zero-order valence-corrected chi connectivity index (χ0v) is 19.8. The van der Waals surface area contributed by atoms with Crippen LogP contribution in [0, 0.1) is 5.41 Å². The Bertz CT molecular complexity index is 857. The fourth-order valence-electron chi connectivity index (χ4n) is 2.95. The Balaban J connectivity index is 1.75. The van der Waals surface area contributed by atoms with Gasteiger partial charge in [0.2, 0.25) is 11.8 Å². The maximum atomic E-state index is 12.3. The number of rotatable bonds is 12. The molecule has 0 aliphatic rings. The summed E-state index contributed by atoms with van der Waals surface area (Å²) in [6, 6.07) is 14.8. The van der Waals surface area contributed by atoms with Crippen molar-refractivity contribution in [2.45, 2.75) is 59.8 Å². The summed E-state index contributed by atoms with van der Waals surface area (Å²) >= 11 is 0. The molecule has 174 valence electrons. The van der Waals surface area contributed by atoms with E-state index in [1.807, 2.05) is 45.0 Å². The minimum absolute atomic E-state index is 0.0773. The summed E-state index contributed by atoms with van der Waals surface area (Å²) in [7, 11) is 0. The SMILES string of the molecule is CCCCCCCOc1ccc(NCC(=O)Nc2cccc(NC(=O)C(C)(C)C)c2)cc1. The molecule has 0 aromatic heterocycles. The molecular formula is C26H37N3O3. The van der Waals surface area contributed by atoms with E-state index in [9.17, 15) is 9.59 Å². The molecule has 0 bridgehead atoms. The maximum Gasteiger partial charge on any atom is 0.243 e. The van der Waals surface area contributed by atoms with Crippen molar-refractivity contribution in [1.29, 1.82) is 0 Å². The molecule has 0 aliphatic carbocycles. The van der Waals surface area contributed by atoms with Crippen LogP contribution >= 0.6 is 0 Å². The number of carbonyl (C=O) groups is 2. The van der Waals surface area contributed by atoms with E-state index >= 15 is 0 Å². The zero-order chi connectivity index (χ0) is 23.4. The number of amides is 2. The van der Waals surface area contributed by atoms with Gasteiger partial charge >= 0.3 is 0 Å². The minimum atomic E-state index is -0.488. The van der Waals surface area contributed by atoms with Crippen LogP contribution < -0.4 is 20.7 Å². The number of hydrogen-bond acceptors (Lipinski definition) is 4. The highest BCUT2D eigenvalue weighted by molar-refractivity contribution is 5.97. The van der Waals surface area contributed by atoms with Crippen LogP contribution in [-0.4, -0.2) is 25.0 Å². The molecule has 3 N–H and O–H groups in total. The summed E-state index contributed by atoms with van der Waals surface area (Å²) < 4.78 is 5.77. The third kappa shape index (κ3) is 9.41. The molecule has 0 aliphatic heterocycles. The van der Waals surface area contributed by atoms with Crippen molar-refractivity contribution in [2.75, 3.05) is 29.1 Å². The molecule has 0 radical (unpaired) electrons. The second-order valence-corrected chi connectivity index (χ2v) is 8.97. The third-order valence-electron chi connectivity index (χ3n) is 4.91. The summed E-state index contributed by atoms with van der Waals surface area (Å²) in [6.07, 6.45) is 6.07. The topological polar surface area (TPSA) is 79.5 Å². The first-order valence-electron chi connectivity index (χ1n) is 11.5. The molecule has 0 heterocycles. The molecule has 6 nitrogen and oxygen atoms in total. The highest BCUT2D eigenvalue weighted by Gasteiger charge is 2.21. The van der Waals surface area contributed by atoms with E-state index in [1.165, 1.54) is 25.7 Å². The molecule has 2 aromatic rings. The smallest absolute Gasteiger partial charge is 0.243 e. The lowest BCUT2D eigenvalue weighted by Crippen LogP contribution is -2.27. The second kappa shape index (κ2) is 12.7. The van der Waals surface area contributed by atoms with Gasteiger partial charge in [0.25, 0.3) is 0 Å². The summed E-state index contributed by atoms with van der Waals surface area (Å²) in [5.41, 5.74) is 1.64. The van der Waals surface area contributed by atoms with Crippen molar-refractivity contribution in [3.8, 4) is 5.75 Å². The number of unbranched alkanes of at least 4 members (excludes halogenated alkanes) is 4. The van der Waals surface area contributed by atoms with E-state index in [0.29, 0.717) is 11.4 Å². The standard InChI is InChI=1S/C26H37N3O3/c1-5-6-7-8-9-17-32-23-15-13-20(14-16-23)27-19-24(30)28-21-11-10-12-22(18-21)29-25(31)26(2,3)4/h10-16,18,27H,5-9,17,19H2,1-4H3,(H,28,30)(H,29,31). The Labute approximate surface area is 192 Å². The van der Waals surface area contributed by atoms with Gasteiger partial charge in [0, 0.05) is 22.5 Å². The highest BCUT2D eigenvalue weighted by atomic mass is 16.5. The molecule has 2 rings (SSSR count). The summed E-state index contributed by atoms with van der Waals surface area (Å²) in [6.45, 7) is 8.64. The van der Waals surface area contributed by atoms with Crippen molar-refractivity contribution >= 4 is 28.9 Å². The Hall–Kier alpha value is -3.02. The highest BCUT2D eigenvalue weighted by Crippen LogP contribution is 2.20. The van der Waals surface area contributed by atoms with Crippen molar-refractivity contribution < 1.29 is 14.3 Å². The van der Waals surface area contributed by atoms with E-state index < -0.39 is 5.41 Å². The number of nitrogens with one attached hydrogen (secondary N) is 3. The summed E-state index contributed by atoms with van der Waals surface area (Å²) in [5.74, 6) is 0.591. The van der Waals surface area contributed by atoms with Gasteiger partial charge in [0.05, 0.1) is 13.2 Å². The van der Waals surface area contributed by atoms with Gasteiger partial charge in [-0.1, -0.05) is 59.4 Å². The lowest BCUT2D eigenvalue weighted by atomic mass is 9.95. The van der Waals surface area contributed by atoms with Crippen molar-refractivity contribution in [3.63, 3.8) is 0 Å². The Kier molecular flexibility index (Phi) is 10.1. The fraction of sp³-hybridized carbons (Fsp3) is 0.462. The number of anilines is 3. The lowest BCUT2D eigenvalue weighted by molar-refractivity contribution is -0.123. The first kappa shape index (κ1) is 25.2. The van der Waals surface area contributed by atoms with Gasteiger partial charge in [-0.2, -0.15) is 0 Å². The van der Waals surface area contributed by atoms with Gasteiger partial charge in [0.1, 0.15) is 5.75 Å². The van der Waals surface area contributed by atoms with Gasteiger partial charge in [-0.3, -0.25) is 9.59 Å². The Morgan fingerprint density at radius 1 is 0.844 bits per heavy atom. The maximum absolute atomic E-state index is 12.3. The minimum Gasteiger partial charge on any atom is -0.494 e. The molecule has 0 spiro atoms. The van der Waals surface area contributed by atoms with Crippen LogP contribution in [0.3, 0.4) is 0 Å². The van der Waals surface area contributed by atoms with E-state index in [2.05, 4.69) is 22.9 Å². The summed E-state index contributed by atoms with van der Waals surface area (Å²) in [4.78, 5) is 24.5. The van der Waals surface area contributed by atoms with Crippen LogP contribution in [0.5, 0.6) is 5.75 Å². The average Bonchev–Trinajstić information content (AvgIpc) is 2.75. The molecular weight excluding hydrogens is 402 g/mol. The van der Waals surface area contributed by atoms with Crippen LogP contribution in [0.15, 0.2) is 48.5 Å². The summed E-state index contributed by atoms with van der Waals surface area (Å²) in [5, 5.41) is 8.83. The molecule has 2 amide bonds. The number of ether oxygens (including phenoxy) is 1. The van der Waals surface area contributed by atoms with Crippen LogP contribution in [-0.2, 0) is 9.59 Å². The van der Waals surface area contributed by atoms with E-state index in [-0.39, 0.29) is 18.4 Å². The van der Waals surface area contributed by atoms with E-state index in [0.717, 1.165) is 24.5 Å². The van der Waals surface area contributed by atoms with Gasteiger partial charge < -0.3 is 20.7 Å². The fourth-order valence-corrected chi connectivity index (χ4v) is 2.95. The quantitative estimate of drug-likeness (QED) is 0.351. The van der Waals surface area contributed by atoms with Crippen molar-refractivity contribution in [2.24, 2.45) is 5.41 Å². The van der Waals surface area contributed by atoms with E-state index in [1.54, 1.807) is 24.3 Å². The van der Waals surface area contributed by atoms with Crippen LogP contribution in [0.25, 0.3) is 0 Å². The molecule has 0 fully saturated rings. The predicted molar refractivity (Wildman–Crippen MR) is 132 cm³/mol. The van der Waals surface area contributed by atoms with Crippen molar-refractivity contribution in [3.05, 3.63) is 48.5 Å². The average molecular weight is 440 g/mol. The number of carbonyl (C=O) groups excluding carboxylic acids is 2. The second-order valence-electron chi connectivity index (χ2n) is 8.97. The first-order chi connectivity index (χ1) is 15.3. The molecule has 0 saturated carbocycles. The number of hydrogen-bond donors (Lipinski definition) is 3. The van der Waals surface area contributed by atoms with Crippen LogP contribution in [0.4, 0.5) is 17.1 Å². The van der Waals surface area contributed by atoms with Crippen LogP contribution in [0.2, 0.25) is 0 Å². The van der Waals surface area contributed by atoms with Crippen LogP contribution in [0.1, 0.15) is 59.8 Å². The largest absolute Gasteiger partial charge is 0.494 e. The molecule has 32 heavy (non-hydrogen) atoms. The van der Waals surface area contributed by atoms with Crippen molar-refractivity contribution in [1.82, 2.24) is 0 Å². The zero-order valence-electron chi connectivity index (χ0n) is 19.8. The molecule has 0 atom stereocenters. The molecule has 0 unspecified atom stereocenters. The van der Waals surface area contributed by atoms with Gasteiger partial charge in [-0.15, -0.1) is 0 Å². The predicted octanol–water partition coefficient (Wildman–Crippen LogP) is 6.07. The molecule has 2 aromatic carbocycles. The monoisotopic (exact) mass is 439 g/mol. The first-order valence-corrected chi connectivity index (χ1v) is 11.5. The number of benzene rings is 2. The molecule has 6 heteroatoms. The van der Waals surface area contributed by atoms with Gasteiger partial charge in [0.15, 0.2) is 0 Å². The molecule has 0 saturated heterocycles. The van der Waals surface area contributed by atoms with Gasteiger partial charge in [-0.05, 0) is 48.9 Å². The normalized spacial score (nSPS) is 11.0. The van der Waals surface area contributed by atoms with Gasteiger partial charge in [-0.25, -0.2) is 0 Å². The Morgan fingerprint density at radius 2 is 1.50 bits per heavy atom. The third-order valence-corrected chi connectivity index (χ3v) is 4.91. The Morgan fingerprint density at radius 3 is 2.16 bits per heavy atom. The lowest BCUT2D eigenvalue weighted by Gasteiger charge is -2.18.